The second-order valence-corrected chi connectivity index (χ2v) is 7.97. The quantitative estimate of drug-likeness (QED) is 0.501. The first-order chi connectivity index (χ1) is 14.7. The number of amides is 1. The lowest BCUT2D eigenvalue weighted by molar-refractivity contribution is 0.0746. The van der Waals surface area contributed by atoms with Crippen molar-refractivity contribution >= 4 is 33.3 Å². The van der Waals surface area contributed by atoms with Gasteiger partial charge in [-0.05, 0) is 30.3 Å². The van der Waals surface area contributed by atoms with Crippen molar-refractivity contribution in [2.24, 2.45) is 0 Å². The Morgan fingerprint density at radius 2 is 2.00 bits per heavy atom. The van der Waals surface area contributed by atoms with E-state index in [1.165, 1.54) is 0 Å². The van der Waals surface area contributed by atoms with Gasteiger partial charge in [-0.3, -0.25) is 4.79 Å². The van der Waals surface area contributed by atoms with E-state index in [4.69, 9.17) is 4.52 Å². The number of nitrogens with zero attached hydrogens (tertiary/aromatic N) is 6. The number of carbonyl (C=O) groups is 1. The fourth-order valence-electron chi connectivity index (χ4n) is 3.53. The molecule has 0 saturated carbocycles. The van der Waals surface area contributed by atoms with Gasteiger partial charge in [0.15, 0.2) is 0 Å². The minimum Gasteiger partial charge on any atom is -0.353 e. The number of aryl methyl sites for hydroxylation is 1. The van der Waals surface area contributed by atoms with Crippen LogP contribution in [0.1, 0.15) is 23.2 Å². The van der Waals surface area contributed by atoms with Crippen molar-refractivity contribution in [3.05, 3.63) is 53.5 Å². The zero-order valence-electron chi connectivity index (χ0n) is 16.5. The van der Waals surface area contributed by atoms with E-state index in [1.807, 2.05) is 42.2 Å². The van der Waals surface area contributed by atoms with Crippen LogP contribution in [0.5, 0.6) is 0 Å². The summed E-state index contributed by atoms with van der Waals surface area (Å²) in [5.74, 6) is 2.12. The maximum atomic E-state index is 12.9. The smallest absolute Gasteiger partial charge is 0.254 e. The van der Waals surface area contributed by atoms with Gasteiger partial charge in [0.05, 0.1) is 15.7 Å². The second-order valence-electron chi connectivity index (χ2n) is 7.08. The van der Waals surface area contributed by atoms with Crippen LogP contribution in [0.2, 0.25) is 0 Å². The van der Waals surface area contributed by atoms with Crippen molar-refractivity contribution in [3.8, 4) is 11.4 Å². The minimum atomic E-state index is 0.0668. The molecule has 8 nitrogen and oxygen atoms in total. The molecule has 0 bridgehead atoms. The highest BCUT2D eigenvalue weighted by Crippen LogP contribution is 2.22. The zero-order chi connectivity index (χ0) is 20.5. The molecular formula is C21H20N6O2S. The van der Waals surface area contributed by atoms with Crippen LogP contribution < -0.4 is 4.90 Å². The van der Waals surface area contributed by atoms with E-state index in [0.29, 0.717) is 36.8 Å². The molecule has 1 saturated heterocycles. The Morgan fingerprint density at radius 1 is 1.13 bits per heavy atom. The fourth-order valence-corrected chi connectivity index (χ4v) is 4.25. The van der Waals surface area contributed by atoms with Gasteiger partial charge in [-0.1, -0.05) is 12.1 Å². The largest absolute Gasteiger partial charge is 0.353 e. The van der Waals surface area contributed by atoms with Gasteiger partial charge < -0.3 is 14.3 Å². The first-order valence-corrected chi connectivity index (χ1v) is 10.8. The first kappa shape index (κ1) is 18.7. The van der Waals surface area contributed by atoms with Gasteiger partial charge in [0.1, 0.15) is 5.82 Å². The summed E-state index contributed by atoms with van der Waals surface area (Å²) in [7, 11) is 0. The molecule has 0 radical (unpaired) electrons. The Morgan fingerprint density at radius 3 is 2.73 bits per heavy atom. The normalized spacial score (nSPS) is 14.4. The second kappa shape index (κ2) is 7.83. The Bertz CT molecular complexity index is 1180. The van der Waals surface area contributed by atoms with E-state index in [0.717, 1.165) is 34.7 Å². The Hall–Kier alpha value is -3.33. The lowest BCUT2D eigenvalue weighted by atomic mass is 10.1. The zero-order valence-corrected chi connectivity index (χ0v) is 17.3. The van der Waals surface area contributed by atoms with E-state index in [9.17, 15) is 4.79 Å². The van der Waals surface area contributed by atoms with Gasteiger partial charge in [-0.25, -0.2) is 9.97 Å². The molecule has 1 aliphatic rings. The maximum Gasteiger partial charge on any atom is 0.254 e. The van der Waals surface area contributed by atoms with Crippen LogP contribution in [0, 0.1) is 0 Å². The Balaban J connectivity index is 1.23. The van der Waals surface area contributed by atoms with E-state index in [1.54, 1.807) is 23.0 Å². The monoisotopic (exact) mass is 420 g/mol. The summed E-state index contributed by atoms with van der Waals surface area (Å²) < 4.78 is 6.20. The number of fused-ring (bicyclic) bond motifs is 1. The van der Waals surface area contributed by atoms with Crippen LogP contribution >= 0.6 is 11.3 Å². The molecule has 1 aromatic carbocycles. The molecule has 5 rings (SSSR count). The minimum absolute atomic E-state index is 0.0668. The van der Waals surface area contributed by atoms with Crippen LogP contribution in [-0.2, 0) is 6.42 Å². The van der Waals surface area contributed by atoms with Crippen LogP contribution in [0.25, 0.3) is 21.6 Å². The number of aromatic nitrogens is 4. The topological polar surface area (TPSA) is 88.3 Å². The lowest BCUT2D eigenvalue weighted by Gasteiger charge is -2.35. The Kier molecular flexibility index (Phi) is 4.88. The van der Waals surface area contributed by atoms with Gasteiger partial charge in [-0.15, -0.1) is 11.3 Å². The molecule has 30 heavy (non-hydrogen) atoms. The summed E-state index contributed by atoms with van der Waals surface area (Å²) in [5, 5.41) is 3.99. The van der Waals surface area contributed by atoms with E-state index >= 15 is 0 Å². The highest BCUT2D eigenvalue weighted by Gasteiger charge is 2.23. The van der Waals surface area contributed by atoms with Crippen LogP contribution in [0.4, 0.5) is 5.82 Å². The fraction of sp³-hybridized carbons (Fsp3) is 0.286. The van der Waals surface area contributed by atoms with Crippen molar-refractivity contribution in [1.82, 2.24) is 25.0 Å². The summed E-state index contributed by atoms with van der Waals surface area (Å²) in [6.45, 7) is 4.77. The number of hydrogen-bond acceptors (Lipinski definition) is 8. The number of anilines is 1. The summed E-state index contributed by atoms with van der Waals surface area (Å²) >= 11 is 1.55. The van der Waals surface area contributed by atoms with Crippen LogP contribution in [0.3, 0.4) is 0 Å². The molecule has 0 N–H and O–H groups in total. The SMILES string of the molecule is CCc1nc(-c2ccc(N3CCN(C(=O)c4ccc5ncsc5c4)CC3)nc2)no1. The molecule has 0 unspecified atom stereocenters. The number of carbonyl (C=O) groups excluding carboxylic acids is 1. The summed E-state index contributed by atoms with van der Waals surface area (Å²) in [5.41, 5.74) is 4.28. The van der Waals surface area contributed by atoms with Crippen molar-refractivity contribution in [2.45, 2.75) is 13.3 Å². The molecule has 1 amide bonds. The molecular weight excluding hydrogens is 400 g/mol. The predicted molar refractivity (Wildman–Crippen MR) is 115 cm³/mol. The molecule has 4 aromatic rings. The number of benzene rings is 1. The van der Waals surface area contributed by atoms with Gasteiger partial charge in [0.25, 0.3) is 5.91 Å². The molecule has 0 atom stereocenters. The predicted octanol–water partition coefficient (Wildman–Crippen LogP) is 3.27. The van der Waals surface area contributed by atoms with Crippen LogP contribution in [-0.4, -0.2) is 57.1 Å². The molecule has 9 heteroatoms. The number of piperazine rings is 1. The maximum absolute atomic E-state index is 12.9. The van der Waals surface area contributed by atoms with Gasteiger partial charge in [0.2, 0.25) is 11.7 Å². The van der Waals surface area contributed by atoms with E-state index < -0.39 is 0 Å². The number of pyridine rings is 1. The molecule has 152 valence electrons. The van der Waals surface area contributed by atoms with Crippen molar-refractivity contribution in [1.29, 1.82) is 0 Å². The molecule has 0 aliphatic carbocycles. The average Bonchev–Trinajstić information content (AvgIpc) is 3.48. The number of hydrogen-bond donors (Lipinski definition) is 0. The van der Waals surface area contributed by atoms with Gasteiger partial charge in [-0.2, -0.15) is 4.98 Å². The summed E-state index contributed by atoms with van der Waals surface area (Å²) in [6.07, 6.45) is 2.47. The standard InChI is InChI=1S/C21H20N6O2S/c1-2-19-24-20(25-29-19)15-4-6-18(22-12-15)26-7-9-27(10-8-26)21(28)14-3-5-16-17(11-14)30-13-23-16/h3-6,11-13H,2,7-10H2,1H3. The number of rotatable bonds is 4. The third kappa shape index (κ3) is 3.52. The van der Waals surface area contributed by atoms with Gasteiger partial charge in [0, 0.05) is 49.9 Å². The van der Waals surface area contributed by atoms with Gasteiger partial charge >= 0.3 is 0 Å². The van der Waals surface area contributed by atoms with Crippen LogP contribution in [0.15, 0.2) is 46.6 Å². The summed E-state index contributed by atoms with van der Waals surface area (Å²) in [4.78, 5) is 30.2. The molecule has 4 heterocycles. The molecule has 1 fully saturated rings. The third-order valence-corrected chi connectivity index (χ3v) is 6.04. The first-order valence-electron chi connectivity index (χ1n) is 9.88. The molecule has 3 aromatic heterocycles. The van der Waals surface area contributed by atoms with Crippen molar-refractivity contribution < 1.29 is 9.32 Å². The van der Waals surface area contributed by atoms with Crippen molar-refractivity contribution in [3.63, 3.8) is 0 Å². The number of thiazole rings is 1. The highest BCUT2D eigenvalue weighted by atomic mass is 32.1. The molecule has 0 spiro atoms. The summed E-state index contributed by atoms with van der Waals surface area (Å²) in [6, 6.07) is 9.62. The van der Waals surface area contributed by atoms with E-state index in [2.05, 4.69) is 25.0 Å². The third-order valence-electron chi connectivity index (χ3n) is 5.25. The van der Waals surface area contributed by atoms with Crippen molar-refractivity contribution in [2.75, 3.05) is 31.1 Å². The Labute approximate surface area is 177 Å². The van der Waals surface area contributed by atoms with E-state index in [-0.39, 0.29) is 5.91 Å². The average molecular weight is 420 g/mol. The molecule has 1 aliphatic heterocycles. The lowest BCUT2D eigenvalue weighted by Crippen LogP contribution is -2.49. The highest BCUT2D eigenvalue weighted by molar-refractivity contribution is 7.16.